The molecule has 0 saturated carbocycles. The summed E-state index contributed by atoms with van der Waals surface area (Å²) in [7, 11) is -1.13. The smallest absolute Gasteiger partial charge is 1.00 e. The number of aryl methyl sites for hydroxylation is 1. The van der Waals surface area contributed by atoms with Gasteiger partial charge in [0.1, 0.15) is 8.07 Å². The molecule has 2 aliphatic carbocycles. The summed E-state index contributed by atoms with van der Waals surface area (Å²) >= 11 is 1.59. The molecule has 2 aromatic rings. The third kappa shape index (κ3) is 4.10. The molecule has 7 rings (SSSR count). The standard InChI is InChI=1S/C18H17.C10H11NSi.2ClH.Zr/c1-3-14-7-9-15(10-8-14)17-6-4-5-16-11-13(2)12-18(16)17;1-6-9-7-4-5-11-8(7)10(6)12(9,2)3;;;/h4-12H,3H2,1-2H3;4-5H,1-3H3;2*1H;/q;;;;+2/p-2. The molecule has 33 heavy (non-hydrogen) atoms. The molecule has 0 spiro atoms. The normalized spacial score (nSPS) is 20.0. The summed E-state index contributed by atoms with van der Waals surface area (Å²) in [5.41, 5.74) is 12.8. The quantitative estimate of drug-likeness (QED) is 0.485. The number of fused-ring (bicyclic) bond motifs is 1. The molecule has 0 saturated heterocycles. The maximum absolute atomic E-state index is 4.42. The molecule has 5 heteroatoms. The van der Waals surface area contributed by atoms with Crippen LogP contribution in [0.5, 0.6) is 0 Å². The Hall–Kier alpha value is -1.25. The third-order valence-corrected chi connectivity index (χ3v) is 12.8. The van der Waals surface area contributed by atoms with Crippen LogP contribution in [-0.2, 0) is 31.1 Å². The van der Waals surface area contributed by atoms with Gasteiger partial charge >= 0.3 is 131 Å². The first-order chi connectivity index (χ1) is 14.8. The fraction of sp³-hybridized carbons (Fsp3) is 0.250. The van der Waals surface area contributed by atoms with Crippen molar-refractivity contribution in [1.29, 1.82) is 0 Å². The Balaban J connectivity index is 0.000000190. The third-order valence-electron chi connectivity index (χ3n) is 7.16. The molecular weight excluding hydrogens is 541 g/mol. The Morgan fingerprint density at radius 3 is 2.27 bits per heavy atom. The minimum absolute atomic E-state index is 0. The largest absolute Gasteiger partial charge is 1.00 e. The molecule has 0 radical (unpaired) electrons. The van der Waals surface area contributed by atoms with E-state index >= 15 is 0 Å². The van der Waals surface area contributed by atoms with Gasteiger partial charge in [-0.2, -0.15) is 0 Å². The molecule has 2 aromatic carbocycles. The first-order valence-electron chi connectivity index (χ1n) is 11.2. The van der Waals surface area contributed by atoms with Crippen molar-refractivity contribution in [3.05, 3.63) is 98.0 Å². The van der Waals surface area contributed by atoms with Crippen LogP contribution in [0, 0.1) is 0 Å². The fourth-order valence-electron chi connectivity index (χ4n) is 5.60. The first kappa shape index (κ1) is 26.4. The van der Waals surface area contributed by atoms with Crippen LogP contribution < -0.4 is 24.8 Å². The van der Waals surface area contributed by atoms with Gasteiger partial charge in [-0.05, 0) is 29.0 Å². The topological polar surface area (TPSA) is 12.4 Å². The van der Waals surface area contributed by atoms with E-state index in [1.165, 1.54) is 50.2 Å². The molecule has 1 unspecified atom stereocenters. The van der Waals surface area contributed by atoms with E-state index in [2.05, 4.69) is 93.5 Å². The maximum atomic E-state index is 4.42. The van der Waals surface area contributed by atoms with Crippen LogP contribution in [0.2, 0.25) is 13.1 Å². The Kier molecular flexibility index (Phi) is 7.81. The monoisotopic (exact) mass is 566 g/mol. The van der Waals surface area contributed by atoms with Gasteiger partial charge in [0, 0.05) is 11.8 Å². The zero-order chi connectivity index (χ0) is 21.9. The van der Waals surface area contributed by atoms with Crippen molar-refractivity contribution in [2.45, 2.75) is 43.9 Å². The zero-order valence-corrected chi connectivity index (χ0v) is 24.7. The summed E-state index contributed by atoms with van der Waals surface area (Å²) < 4.78 is 0.650. The van der Waals surface area contributed by atoms with Crippen molar-refractivity contribution >= 4 is 20.4 Å². The SMILES string of the molecule is CC1=C2C3=CC=NC3=C1[Si]2(C)C.CCc1ccc(-c2cccc3c2C=C(C)[CH]3[Zr+2])cc1.[Cl-].[Cl-]. The van der Waals surface area contributed by atoms with E-state index in [0.29, 0.717) is 3.63 Å². The van der Waals surface area contributed by atoms with Crippen molar-refractivity contribution in [3.63, 3.8) is 0 Å². The number of rotatable bonds is 2. The second-order valence-corrected chi connectivity index (χ2v) is 15.1. The summed E-state index contributed by atoms with van der Waals surface area (Å²) in [6.45, 7) is 11.5. The van der Waals surface area contributed by atoms with Gasteiger partial charge in [-0.3, -0.25) is 4.99 Å². The number of allylic oxidation sites excluding steroid dienone is 5. The van der Waals surface area contributed by atoms with Crippen molar-refractivity contribution in [1.82, 2.24) is 0 Å². The van der Waals surface area contributed by atoms with Gasteiger partial charge in [0.05, 0.1) is 5.70 Å². The zero-order valence-electron chi connectivity index (χ0n) is 19.8. The Bertz CT molecular complexity index is 1260. The number of halogens is 2. The average Bonchev–Trinajstić information content (AvgIpc) is 3.45. The average molecular weight is 569 g/mol. The second kappa shape index (κ2) is 9.78. The first-order valence-corrected chi connectivity index (χ1v) is 15.6. The van der Waals surface area contributed by atoms with Crippen molar-refractivity contribution in [3.8, 4) is 11.1 Å². The van der Waals surface area contributed by atoms with Gasteiger partial charge in [-0.25, -0.2) is 0 Å². The van der Waals surface area contributed by atoms with E-state index in [4.69, 9.17) is 0 Å². The van der Waals surface area contributed by atoms with E-state index in [1.54, 1.807) is 35.1 Å². The van der Waals surface area contributed by atoms with Crippen LogP contribution in [0.25, 0.3) is 17.2 Å². The van der Waals surface area contributed by atoms with Crippen LogP contribution in [0.1, 0.15) is 41.1 Å². The molecule has 167 valence electrons. The molecule has 0 aromatic heterocycles. The van der Waals surface area contributed by atoms with Crippen molar-refractivity contribution < 1.29 is 49.5 Å². The van der Waals surface area contributed by atoms with Gasteiger partial charge in [-0.1, -0.05) is 13.1 Å². The predicted octanol–water partition coefficient (Wildman–Crippen LogP) is 1.31. The molecule has 2 bridgehead atoms. The molecule has 0 amide bonds. The van der Waals surface area contributed by atoms with E-state index < -0.39 is 8.07 Å². The Morgan fingerprint density at radius 2 is 1.67 bits per heavy atom. The number of hydrogen-bond donors (Lipinski definition) is 0. The summed E-state index contributed by atoms with van der Waals surface area (Å²) in [4.78, 5) is 4.42. The molecule has 3 aliphatic heterocycles. The van der Waals surface area contributed by atoms with Crippen LogP contribution >= 0.6 is 0 Å². The van der Waals surface area contributed by atoms with Crippen LogP contribution in [0.3, 0.4) is 0 Å². The number of benzene rings is 2. The number of aliphatic imine (C=N–C) groups is 1. The van der Waals surface area contributed by atoms with Crippen molar-refractivity contribution in [2.75, 3.05) is 0 Å². The molecule has 0 fully saturated rings. The summed E-state index contributed by atoms with van der Waals surface area (Å²) in [6.07, 6.45) is 7.58. The summed E-state index contributed by atoms with van der Waals surface area (Å²) in [6, 6.07) is 15.7. The number of hydrogen-bond acceptors (Lipinski definition) is 1. The minimum atomic E-state index is -1.13. The number of nitrogens with zero attached hydrogens (tertiary/aromatic N) is 1. The summed E-state index contributed by atoms with van der Waals surface area (Å²) in [5, 5.41) is 3.27. The Morgan fingerprint density at radius 1 is 0.970 bits per heavy atom. The summed E-state index contributed by atoms with van der Waals surface area (Å²) in [5.74, 6) is 0. The second-order valence-electron chi connectivity index (χ2n) is 9.39. The van der Waals surface area contributed by atoms with Gasteiger partial charge in [0.25, 0.3) is 0 Å². The molecule has 1 nitrogen and oxygen atoms in total. The van der Waals surface area contributed by atoms with Crippen LogP contribution in [-0.4, -0.2) is 14.3 Å². The molecular formula is C28H28Cl2NSiZr. The van der Waals surface area contributed by atoms with Gasteiger partial charge < -0.3 is 24.8 Å². The van der Waals surface area contributed by atoms with Gasteiger partial charge in [0.15, 0.2) is 0 Å². The van der Waals surface area contributed by atoms with Gasteiger partial charge in [0.2, 0.25) is 0 Å². The van der Waals surface area contributed by atoms with Crippen LogP contribution in [0.4, 0.5) is 0 Å². The minimum Gasteiger partial charge on any atom is -1.00 e. The molecule has 3 heterocycles. The Labute approximate surface area is 226 Å². The maximum Gasteiger partial charge on any atom is -1.00 e. The molecule has 5 aliphatic rings. The van der Waals surface area contributed by atoms with E-state index in [-0.39, 0.29) is 24.8 Å². The fourth-order valence-corrected chi connectivity index (χ4v) is 10.3. The van der Waals surface area contributed by atoms with E-state index in [0.717, 1.165) is 6.42 Å². The predicted molar refractivity (Wildman–Crippen MR) is 131 cm³/mol. The van der Waals surface area contributed by atoms with Gasteiger partial charge in [-0.15, -0.1) is 0 Å². The van der Waals surface area contributed by atoms with E-state index in [1.807, 2.05) is 6.21 Å². The van der Waals surface area contributed by atoms with E-state index in [9.17, 15) is 0 Å². The van der Waals surface area contributed by atoms with Crippen LogP contribution in [0.15, 0.2) is 86.3 Å². The molecule has 0 N–H and O–H groups in total. The van der Waals surface area contributed by atoms with Crippen molar-refractivity contribution in [2.24, 2.45) is 4.99 Å². The molecule has 1 atom stereocenters.